The number of halogens is 2. The number of aromatic nitrogens is 1. The van der Waals surface area contributed by atoms with Crippen LogP contribution in [0.15, 0.2) is 36.5 Å². The van der Waals surface area contributed by atoms with Crippen LogP contribution >= 0.6 is 0 Å². The minimum Gasteiger partial charge on any atom is -0.337 e. The van der Waals surface area contributed by atoms with Crippen molar-refractivity contribution >= 4 is 17.8 Å². The van der Waals surface area contributed by atoms with Gasteiger partial charge in [-0.3, -0.25) is 4.79 Å². The molecule has 0 aliphatic rings. The van der Waals surface area contributed by atoms with Crippen molar-refractivity contribution in [3.63, 3.8) is 0 Å². The van der Waals surface area contributed by atoms with Crippen LogP contribution in [0, 0.1) is 11.6 Å². The van der Waals surface area contributed by atoms with E-state index < -0.39 is 11.6 Å². The largest absolute Gasteiger partial charge is 0.337 e. The minimum absolute atomic E-state index is 0.0631. The molecule has 0 fully saturated rings. The molecule has 1 aromatic carbocycles. The fraction of sp³-hybridized carbons (Fsp3) is 0. The van der Waals surface area contributed by atoms with Crippen molar-refractivity contribution in [3.05, 3.63) is 53.7 Å². The van der Waals surface area contributed by atoms with Crippen molar-refractivity contribution in [2.24, 2.45) is 0 Å². The Morgan fingerprint density at radius 3 is 2.82 bits per heavy atom. The Hall–Kier alpha value is -2.30. The van der Waals surface area contributed by atoms with Crippen LogP contribution in [0.4, 0.5) is 20.3 Å². The van der Waals surface area contributed by atoms with Gasteiger partial charge in [0.2, 0.25) is 0 Å². The van der Waals surface area contributed by atoms with E-state index in [0.717, 1.165) is 18.2 Å². The first-order chi connectivity index (χ1) is 8.20. The fourth-order valence-corrected chi connectivity index (χ4v) is 1.34. The van der Waals surface area contributed by atoms with Crippen LogP contribution < -0.4 is 5.32 Å². The quantitative estimate of drug-likeness (QED) is 0.830. The highest BCUT2D eigenvalue weighted by Crippen LogP contribution is 2.21. The molecule has 0 amide bonds. The van der Waals surface area contributed by atoms with E-state index >= 15 is 0 Å². The minimum atomic E-state index is -0.617. The first-order valence-electron chi connectivity index (χ1n) is 4.83. The molecule has 1 heterocycles. The van der Waals surface area contributed by atoms with Gasteiger partial charge in [-0.25, -0.2) is 13.8 Å². The Labute approximate surface area is 96.1 Å². The number of anilines is 2. The molecule has 0 saturated carbocycles. The molecular formula is C12H8F2N2O. The second-order valence-electron chi connectivity index (χ2n) is 3.31. The highest BCUT2D eigenvalue weighted by Gasteiger charge is 2.07. The van der Waals surface area contributed by atoms with Gasteiger partial charge in [0.25, 0.3) is 0 Å². The normalized spacial score (nSPS) is 10.0. The van der Waals surface area contributed by atoms with Gasteiger partial charge in [0.15, 0.2) is 6.29 Å². The summed E-state index contributed by atoms with van der Waals surface area (Å²) in [4.78, 5) is 14.6. The van der Waals surface area contributed by atoms with Crippen LogP contribution in [0.25, 0.3) is 0 Å². The van der Waals surface area contributed by atoms with Gasteiger partial charge in [0.05, 0.1) is 11.3 Å². The Kier molecular flexibility index (Phi) is 3.09. The van der Waals surface area contributed by atoms with Gasteiger partial charge in [-0.2, -0.15) is 0 Å². The van der Waals surface area contributed by atoms with Gasteiger partial charge in [-0.15, -0.1) is 0 Å². The maximum Gasteiger partial charge on any atom is 0.153 e. The van der Waals surface area contributed by atoms with Gasteiger partial charge >= 0.3 is 0 Å². The molecule has 0 atom stereocenters. The average molecular weight is 234 g/mol. The van der Waals surface area contributed by atoms with Gasteiger partial charge < -0.3 is 5.32 Å². The molecule has 0 radical (unpaired) electrons. The molecule has 1 N–H and O–H groups in total. The van der Waals surface area contributed by atoms with Crippen molar-refractivity contribution in [2.45, 2.75) is 0 Å². The lowest BCUT2D eigenvalue weighted by Gasteiger charge is -2.08. The lowest BCUT2D eigenvalue weighted by atomic mass is 10.2. The predicted molar refractivity (Wildman–Crippen MR) is 59.3 cm³/mol. The molecule has 5 heteroatoms. The van der Waals surface area contributed by atoms with Gasteiger partial charge in [0.1, 0.15) is 17.5 Å². The molecule has 1 aromatic heterocycles. The third-order valence-electron chi connectivity index (χ3n) is 2.15. The highest BCUT2D eigenvalue weighted by molar-refractivity contribution is 5.83. The van der Waals surface area contributed by atoms with Gasteiger partial charge in [-0.05, 0) is 24.3 Å². The Bertz CT molecular complexity index is 558. The summed E-state index contributed by atoms with van der Waals surface area (Å²) >= 11 is 0. The maximum atomic E-state index is 13.3. The summed E-state index contributed by atoms with van der Waals surface area (Å²) in [6, 6.07) is 6.12. The second kappa shape index (κ2) is 4.69. The Morgan fingerprint density at radius 2 is 2.06 bits per heavy atom. The smallest absolute Gasteiger partial charge is 0.153 e. The zero-order valence-corrected chi connectivity index (χ0v) is 8.65. The van der Waals surface area contributed by atoms with E-state index in [0.29, 0.717) is 6.29 Å². The van der Waals surface area contributed by atoms with Crippen LogP contribution in [0.2, 0.25) is 0 Å². The third-order valence-corrected chi connectivity index (χ3v) is 2.15. The van der Waals surface area contributed by atoms with Gasteiger partial charge in [-0.1, -0.05) is 0 Å². The van der Waals surface area contributed by atoms with Crippen molar-refractivity contribution in [1.82, 2.24) is 4.98 Å². The van der Waals surface area contributed by atoms with Gasteiger partial charge in [0, 0.05) is 12.3 Å². The van der Waals surface area contributed by atoms with Crippen molar-refractivity contribution in [3.8, 4) is 0 Å². The third kappa shape index (κ3) is 2.44. The highest BCUT2D eigenvalue weighted by atomic mass is 19.1. The SMILES string of the molecule is O=Cc1cccnc1Nc1cc(F)ccc1F. The number of benzene rings is 1. The van der Waals surface area contributed by atoms with Crippen LogP contribution in [-0.2, 0) is 0 Å². The molecule has 0 spiro atoms. The number of hydrogen-bond donors (Lipinski definition) is 1. The van der Waals surface area contributed by atoms with Crippen molar-refractivity contribution in [1.29, 1.82) is 0 Å². The number of carbonyl (C=O) groups is 1. The number of carbonyl (C=O) groups excluding carboxylic acids is 1. The molecule has 2 aromatic rings. The summed E-state index contributed by atoms with van der Waals surface area (Å²) in [6.45, 7) is 0. The number of aldehydes is 1. The van der Waals surface area contributed by atoms with Crippen LogP contribution in [0.1, 0.15) is 10.4 Å². The van der Waals surface area contributed by atoms with E-state index in [1.54, 1.807) is 6.07 Å². The summed E-state index contributed by atoms with van der Waals surface area (Å²) in [6.07, 6.45) is 2.04. The average Bonchev–Trinajstić information content (AvgIpc) is 2.34. The standard InChI is InChI=1S/C12H8F2N2O/c13-9-3-4-10(14)11(6-9)16-12-8(7-17)2-1-5-15-12/h1-7H,(H,15,16). The van der Waals surface area contributed by atoms with Crippen molar-refractivity contribution in [2.75, 3.05) is 5.32 Å². The molecule has 17 heavy (non-hydrogen) atoms. The van der Waals surface area contributed by atoms with Crippen LogP contribution in [0.5, 0.6) is 0 Å². The van der Waals surface area contributed by atoms with E-state index in [9.17, 15) is 13.6 Å². The molecule has 0 unspecified atom stereocenters. The molecule has 3 nitrogen and oxygen atoms in total. The number of pyridine rings is 1. The lowest BCUT2D eigenvalue weighted by Crippen LogP contribution is -2.00. The second-order valence-corrected chi connectivity index (χ2v) is 3.31. The Morgan fingerprint density at radius 1 is 1.24 bits per heavy atom. The molecule has 86 valence electrons. The van der Waals surface area contributed by atoms with Crippen LogP contribution in [0.3, 0.4) is 0 Å². The molecule has 0 aliphatic carbocycles. The zero-order chi connectivity index (χ0) is 12.3. The molecule has 0 bridgehead atoms. The van der Waals surface area contributed by atoms with E-state index in [-0.39, 0.29) is 17.1 Å². The van der Waals surface area contributed by atoms with Crippen molar-refractivity contribution < 1.29 is 13.6 Å². The van der Waals surface area contributed by atoms with E-state index in [1.807, 2.05) is 0 Å². The zero-order valence-electron chi connectivity index (χ0n) is 8.65. The molecule has 2 rings (SSSR count). The molecule has 0 aliphatic heterocycles. The first-order valence-corrected chi connectivity index (χ1v) is 4.83. The summed E-state index contributed by atoms with van der Waals surface area (Å²) in [5.41, 5.74) is 0.211. The van der Waals surface area contributed by atoms with Crippen LogP contribution in [-0.4, -0.2) is 11.3 Å². The summed E-state index contributed by atoms with van der Waals surface area (Å²) in [7, 11) is 0. The topological polar surface area (TPSA) is 42.0 Å². The number of nitrogens with one attached hydrogen (secondary N) is 1. The Balaban J connectivity index is 2.37. The lowest BCUT2D eigenvalue weighted by molar-refractivity contribution is 0.112. The number of rotatable bonds is 3. The number of nitrogens with zero attached hydrogens (tertiary/aromatic N) is 1. The fourth-order valence-electron chi connectivity index (χ4n) is 1.34. The summed E-state index contributed by atoms with van der Waals surface area (Å²) in [5, 5.41) is 2.58. The number of hydrogen-bond acceptors (Lipinski definition) is 3. The molecular weight excluding hydrogens is 226 g/mol. The van der Waals surface area contributed by atoms with E-state index in [1.165, 1.54) is 12.3 Å². The first kappa shape index (κ1) is 11.2. The summed E-state index contributed by atoms with van der Waals surface area (Å²) < 4.78 is 26.3. The summed E-state index contributed by atoms with van der Waals surface area (Å²) in [5.74, 6) is -1.00. The van der Waals surface area contributed by atoms with E-state index in [4.69, 9.17) is 0 Å². The monoisotopic (exact) mass is 234 g/mol. The van der Waals surface area contributed by atoms with E-state index in [2.05, 4.69) is 10.3 Å². The maximum absolute atomic E-state index is 13.3. The predicted octanol–water partition coefficient (Wildman–Crippen LogP) is 2.92. The molecule has 0 saturated heterocycles.